The SMILES string of the molecule is NC(=O)C1=C(O)C(N)C2CC3CCCC(=O)C3=C(O)C2=C1O. The van der Waals surface area contributed by atoms with Crippen molar-refractivity contribution in [2.24, 2.45) is 23.3 Å². The Hall–Kier alpha value is -2.28. The molecule has 1 amide bonds. The molecule has 7 heteroatoms. The molecule has 118 valence electrons. The van der Waals surface area contributed by atoms with Gasteiger partial charge in [-0.1, -0.05) is 0 Å². The van der Waals surface area contributed by atoms with Gasteiger partial charge >= 0.3 is 0 Å². The topological polar surface area (TPSA) is 147 Å². The Morgan fingerprint density at radius 1 is 1.14 bits per heavy atom. The van der Waals surface area contributed by atoms with Crippen molar-refractivity contribution in [2.45, 2.75) is 31.7 Å². The molecule has 3 unspecified atom stereocenters. The lowest BCUT2D eigenvalue weighted by Crippen LogP contribution is -2.44. The Morgan fingerprint density at radius 3 is 2.45 bits per heavy atom. The van der Waals surface area contributed by atoms with Crippen molar-refractivity contribution in [2.75, 3.05) is 0 Å². The minimum absolute atomic E-state index is 0.0422. The molecule has 7 nitrogen and oxygen atoms in total. The highest BCUT2D eigenvalue weighted by molar-refractivity contribution is 6.00. The molecule has 7 N–H and O–H groups in total. The molecule has 3 aliphatic rings. The highest BCUT2D eigenvalue weighted by Crippen LogP contribution is 2.47. The van der Waals surface area contributed by atoms with Gasteiger partial charge in [0.25, 0.3) is 5.91 Å². The summed E-state index contributed by atoms with van der Waals surface area (Å²) >= 11 is 0. The maximum absolute atomic E-state index is 12.1. The van der Waals surface area contributed by atoms with E-state index in [2.05, 4.69) is 0 Å². The predicted molar refractivity (Wildman–Crippen MR) is 76.6 cm³/mol. The van der Waals surface area contributed by atoms with E-state index < -0.39 is 35.0 Å². The predicted octanol–water partition coefficient (Wildman–Crippen LogP) is 0.638. The second-order valence-corrected chi connectivity index (χ2v) is 6.03. The summed E-state index contributed by atoms with van der Waals surface area (Å²) in [6.45, 7) is 0. The number of carbonyl (C=O) groups is 2. The summed E-state index contributed by atoms with van der Waals surface area (Å²) in [7, 11) is 0. The van der Waals surface area contributed by atoms with Crippen LogP contribution in [0, 0.1) is 11.8 Å². The van der Waals surface area contributed by atoms with Crippen LogP contribution in [-0.4, -0.2) is 33.1 Å². The van der Waals surface area contributed by atoms with Crippen molar-refractivity contribution in [1.82, 2.24) is 0 Å². The lowest BCUT2D eigenvalue weighted by molar-refractivity contribution is -0.117. The number of rotatable bonds is 1. The van der Waals surface area contributed by atoms with Gasteiger partial charge in [-0.05, 0) is 25.2 Å². The van der Waals surface area contributed by atoms with E-state index in [1.54, 1.807) is 0 Å². The fraction of sp³-hybridized carbons (Fsp3) is 0.467. The fourth-order valence-electron chi connectivity index (χ4n) is 3.79. The molecular formula is C15H18N2O5. The monoisotopic (exact) mass is 306 g/mol. The molecule has 0 bridgehead atoms. The van der Waals surface area contributed by atoms with E-state index >= 15 is 0 Å². The van der Waals surface area contributed by atoms with Crippen molar-refractivity contribution in [1.29, 1.82) is 0 Å². The van der Waals surface area contributed by atoms with E-state index in [1.165, 1.54) is 0 Å². The summed E-state index contributed by atoms with van der Waals surface area (Å²) in [6, 6.07) is -0.950. The zero-order valence-electron chi connectivity index (χ0n) is 11.9. The number of aliphatic hydroxyl groups is 3. The Bertz CT molecular complexity index is 673. The van der Waals surface area contributed by atoms with Gasteiger partial charge in [-0.2, -0.15) is 0 Å². The van der Waals surface area contributed by atoms with Crippen LogP contribution < -0.4 is 11.5 Å². The van der Waals surface area contributed by atoms with Gasteiger partial charge in [-0.15, -0.1) is 0 Å². The van der Waals surface area contributed by atoms with Gasteiger partial charge in [-0.25, -0.2) is 0 Å². The van der Waals surface area contributed by atoms with Crippen LogP contribution in [0.1, 0.15) is 25.7 Å². The number of Topliss-reactive ketones (excluding diaryl/α,β-unsaturated/α-hetero) is 1. The number of aliphatic hydroxyl groups excluding tert-OH is 3. The molecule has 0 aromatic heterocycles. The van der Waals surface area contributed by atoms with Crippen LogP contribution in [-0.2, 0) is 9.59 Å². The number of hydrogen-bond donors (Lipinski definition) is 5. The maximum Gasteiger partial charge on any atom is 0.255 e. The number of primary amides is 1. The maximum atomic E-state index is 12.1. The average molecular weight is 306 g/mol. The summed E-state index contributed by atoms with van der Waals surface area (Å²) < 4.78 is 0. The average Bonchev–Trinajstić information content (AvgIpc) is 2.44. The number of ketones is 1. The summed E-state index contributed by atoms with van der Waals surface area (Å²) in [5.41, 5.74) is 11.0. The molecule has 0 aliphatic heterocycles. The number of allylic oxidation sites excluding steroid dienone is 2. The van der Waals surface area contributed by atoms with Gasteiger partial charge in [0.15, 0.2) is 5.78 Å². The third kappa shape index (κ3) is 1.85. The standard InChI is InChI=1S/C15H18N2O5/c16-11-6-4-5-2-1-3-7(18)8(5)12(19)9(6)13(20)10(14(11)21)15(17)22/h5-6,11,19-21H,1-4,16H2,(H2,17,22). The van der Waals surface area contributed by atoms with Crippen molar-refractivity contribution >= 4 is 11.7 Å². The van der Waals surface area contributed by atoms with Crippen LogP contribution in [0.15, 0.2) is 34.0 Å². The van der Waals surface area contributed by atoms with Crippen LogP contribution in [0.4, 0.5) is 0 Å². The second-order valence-electron chi connectivity index (χ2n) is 6.03. The first-order valence-corrected chi connectivity index (χ1v) is 7.23. The van der Waals surface area contributed by atoms with Gasteiger partial charge in [0.1, 0.15) is 22.9 Å². The van der Waals surface area contributed by atoms with Crippen LogP contribution in [0.2, 0.25) is 0 Å². The second kappa shape index (κ2) is 4.88. The van der Waals surface area contributed by atoms with Crippen molar-refractivity contribution in [3.05, 3.63) is 34.0 Å². The van der Waals surface area contributed by atoms with Gasteiger partial charge in [0.05, 0.1) is 6.04 Å². The number of nitrogens with two attached hydrogens (primary N) is 2. The van der Waals surface area contributed by atoms with Crippen LogP contribution >= 0.6 is 0 Å². The number of carbonyl (C=O) groups excluding carboxylic acids is 2. The molecular weight excluding hydrogens is 288 g/mol. The quantitative estimate of drug-likeness (QED) is 0.480. The minimum Gasteiger partial charge on any atom is -0.510 e. The Labute approximate surface area is 126 Å². The summed E-state index contributed by atoms with van der Waals surface area (Å²) in [6.07, 6.45) is 2.27. The Kier molecular flexibility index (Phi) is 3.25. The molecule has 0 saturated heterocycles. The fourth-order valence-corrected chi connectivity index (χ4v) is 3.79. The van der Waals surface area contributed by atoms with Gasteiger partial charge in [0, 0.05) is 23.5 Å². The summed E-state index contributed by atoms with van der Waals surface area (Å²) in [4.78, 5) is 23.5. The molecule has 3 rings (SSSR count). The summed E-state index contributed by atoms with van der Waals surface area (Å²) in [5.74, 6) is -3.26. The first-order chi connectivity index (χ1) is 10.3. The number of amides is 1. The van der Waals surface area contributed by atoms with Crippen molar-refractivity contribution < 1.29 is 24.9 Å². The molecule has 0 aromatic carbocycles. The van der Waals surface area contributed by atoms with Gasteiger partial charge < -0.3 is 26.8 Å². The number of fused-ring (bicyclic) bond motifs is 2. The molecule has 1 saturated carbocycles. The summed E-state index contributed by atoms with van der Waals surface area (Å²) in [5, 5.41) is 30.8. The lowest BCUT2D eigenvalue weighted by atomic mass is 9.66. The van der Waals surface area contributed by atoms with Gasteiger partial charge in [0.2, 0.25) is 0 Å². The van der Waals surface area contributed by atoms with Crippen molar-refractivity contribution in [3.8, 4) is 0 Å². The lowest BCUT2D eigenvalue weighted by Gasteiger charge is -2.40. The largest absolute Gasteiger partial charge is 0.510 e. The Morgan fingerprint density at radius 2 is 1.82 bits per heavy atom. The zero-order valence-corrected chi connectivity index (χ0v) is 11.9. The molecule has 0 spiro atoms. The molecule has 3 aliphatic carbocycles. The van der Waals surface area contributed by atoms with Crippen LogP contribution in [0.3, 0.4) is 0 Å². The molecule has 0 aromatic rings. The minimum atomic E-state index is -1.04. The van der Waals surface area contributed by atoms with E-state index in [0.717, 1.165) is 12.8 Å². The normalized spacial score (nSPS) is 32.0. The van der Waals surface area contributed by atoms with E-state index in [-0.39, 0.29) is 23.0 Å². The molecule has 1 fully saturated rings. The number of hydrogen-bond acceptors (Lipinski definition) is 6. The van der Waals surface area contributed by atoms with Crippen LogP contribution in [0.5, 0.6) is 0 Å². The van der Waals surface area contributed by atoms with E-state index in [1.807, 2.05) is 0 Å². The first-order valence-electron chi connectivity index (χ1n) is 7.23. The first kappa shape index (κ1) is 14.6. The van der Waals surface area contributed by atoms with Crippen LogP contribution in [0.25, 0.3) is 0 Å². The molecule has 3 atom stereocenters. The highest BCUT2D eigenvalue weighted by Gasteiger charge is 2.46. The Balaban J connectivity index is 2.23. The van der Waals surface area contributed by atoms with E-state index in [9.17, 15) is 24.9 Å². The molecule has 0 radical (unpaired) electrons. The highest BCUT2D eigenvalue weighted by atomic mass is 16.3. The van der Waals surface area contributed by atoms with E-state index in [0.29, 0.717) is 18.4 Å². The third-order valence-electron chi connectivity index (χ3n) is 4.83. The zero-order chi connectivity index (χ0) is 16.2. The van der Waals surface area contributed by atoms with Crippen molar-refractivity contribution in [3.63, 3.8) is 0 Å². The molecule has 22 heavy (non-hydrogen) atoms. The van der Waals surface area contributed by atoms with E-state index in [4.69, 9.17) is 11.5 Å². The smallest absolute Gasteiger partial charge is 0.255 e. The third-order valence-corrected chi connectivity index (χ3v) is 4.83. The van der Waals surface area contributed by atoms with Gasteiger partial charge in [-0.3, -0.25) is 9.59 Å². The molecule has 0 heterocycles.